The van der Waals surface area contributed by atoms with Crippen LogP contribution >= 0.6 is 0 Å². The lowest BCUT2D eigenvalue weighted by Gasteiger charge is -2.15. The highest BCUT2D eigenvalue weighted by atomic mass is 16.5. The number of carbonyl (C=O) groups is 2. The molecule has 25 heavy (non-hydrogen) atoms. The summed E-state index contributed by atoms with van der Waals surface area (Å²) in [7, 11) is 0. The van der Waals surface area contributed by atoms with Gasteiger partial charge in [0.1, 0.15) is 5.75 Å². The van der Waals surface area contributed by atoms with Crippen LogP contribution in [0.3, 0.4) is 0 Å². The molecule has 1 aromatic carbocycles. The Labute approximate surface area is 151 Å². The Morgan fingerprint density at radius 3 is 2.40 bits per heavy atom. The molecular formula is C20H32N2O3. The first-order valence-electron chi connectivity index (χ1n) is 9.37. The van der Waals surface area contributed by atoms with Crippen molar-refractivity contribution < 1.29 is 14.3 Å². The minimum absolute atomic E-state index is 0.121. The second kappa shape index (κ2) is 12.3. The molecule has 0 aliphatic heterocycles. The number of amides is 2. The summed E-state index contributed by atoms with van der Waals surface area (Å²) in [5.74, 6) is 0.559. The molecule has 0 fully saturated rings. The van der Waals surface area contributed by atoms with Gasteiger partial charge in [-0.15, -0.1) is 0 Å². The van der Waals surface area contributed by atoms with E-state index in [9.17, 15) is 9.59 Å². The maximum Gasteiger partial charge on any atom is 0.276 e. The summed E-state index contributed by atoms with van der Waals surface area (Å²) >= 11 is 0. The molecule has 0 heterocycles. The van der Waals surface area contributed by atoms with E-state index >= 15 is 0 Å². The molecule has 0 bridgehead atoms. The summed E-state index contributed by atoms with van der Waals surface area (Å²) in [6.45, 7) is 6.28. The van der Waals surface area contributed by atoms with Gasteiger partial charge in [0, 0.05) is 6.42 Å². The standard InChI is InChI=1S/C20H32N2O3/c1-4-6-7-8-9-14-19(23)21-22-20(24)15-25-18-13-11-10-12-17(18)16(3)5-2/h10-13,16H,4-9,14-15H2,1-3H3,(H,21,23)(H,22,24). The fourth-order valence-corrected chi connectivity index (χ4v) is 2.51. The van der Waals surface area contributed by atoms with Gasteiger partial charge >= 0.3 is 0 Å². The van der Waals surface area contributed by atoms with Crippen LogP contribution in [0.4, 0.5) is 0 Å². The van der Waals surface area contributed by atoms with Gasteiger partial charge in [0.2, 0.25) is 5.91 Å². The molecule has 0 saturated carbocycles. The topological polar surface area (TPSA) is 67.4 Å². The molecule has 1 unspecified atom stereocenters. The van der Waals surface area contributed by atoms with Crippen LogP contribution in [-0.4, -0.2) is 18.4 Å². The van der Waals surface area contributed by atoms with Crippen LogP contribution in [0.15, 0.2) is 24.3 Å². The highest BCUT2D eigenvalue weighted by Crippen LogP contribution is 2.28. The second-order valence-corrected chi connectivity index (χ2v) is 6.40. The summed E-state index contributed by atoms with van der Waals surface area (Å²) < 4.78 is 5.62. The molecule has 5 nitrogen and oxygen atoms in total. The van der Waals surface area contributed by atoms with Gasteiger partial charge in [-0.2, -0.15) is 0 Å². The number of hydrazine groups is 1. The molecule has 140 valence electrons. The van der Waals surface area contributed by atoms with Crippen LogP contribution in [0.2, 0.25) is 0 Å². The van der Waals surface area contributed by atoms with Crippen molar-refractivity contribution in [3.63, 3.8) is 0 Å². The quantitative estimate of drug-likeness (QED) is 0.467. The molecule has 0 aliphatic carbocycles. The molecule has 0 saturated heterocycles. The Hall–Kier alpha value is -2.04. The summed E-state index contributed by atoms with van der Waals surface area (Å²) in [5, 5.41) is 0. The van der Waals surface area contributed by atoms with Gasteiger partial charge < -0.3 is 4.74 Å². The van der Waals surface area contributed by atoms with E-state index in [1.165, 1.54) is 12.8 Å². The Morgan fingerprint density at radius 2 is 1.68 bits per heavy atom. The predicted molar refractivity (Wildman–Crippen MR) is 100 cm³/mol. The highest BCUT2D eigenvalue weighted by Gasteiger charge is 2.11. The lowest BCUT2D eigenvalue weighted by molar-refractivity contribution is -0.130. The summed E-state index contributed by atoms with van der Waals surface area (Å²) in [4.78, 5) is 23.5. The lowest BCUT2D eigenvalue weighted by Crippen LogP contribution is -2.43. The molecule has 2 amide bonds. The van der Waals surface area contributed by atoms with Gasteiger partial charge in [-0.1, -0.05) is 64.7 Å². The molecule has 0 spiro atoms. The lowest BCUT2D eigenvalue weighted by atomic mass is 9.98. The fraction of sp³-hybridized carbons (Fsp3) is 0.600. The summed E-state index contributed by atoms with van der Waals surface area (Å²) in [5.41, 5.74) is 5.94. The van der Waals surface area contributed by atoms with E-state index < -0.39 is 0 Å². The maximum atomic E-state index is 11.8. The van der Waals surface area contributed by atoms with E-state index in [2.05, 4.69) is 31.6 Å². The van der Waals surface area contributed by atoms with E-state index in [4.69, 9.17) is 4.74 Å². The number of ether oxygens (including phenoxy) is 1. The minimum Gasteiger partial charge on any atom is -0.483 e. The Morgan fingerprint density at radius 1 is 1.00 bits per heavy atom. The molecular weight excluding hydrogens is 316 g/mol. The zero-order chi connectivity index (χ0) is 18.5. The average molecular weight is 348 g/mol. The monoisotopic (exact) mass is 348 g/mol. The third-order valence-corrected chi connectivity index (χ3v) is 4.27. The van der Waals surface area contributed by atoms with Crippen molar-refractivity contribution in [2.24, 2.45) is 0 Å². The van der Waals surface area contributed by atoms with Gasteiger partial charge in [0.25, 0.3) is 5.91 Å². The first-order valence-corrected chi connectivity index (χ1v) is 9.37. The van der Waals surface area contributed by atoms with Crippen molar-refractivity contribution in [1.29, 1.82) is 0 Å². The van der Waals surface area contributed by atoms with Crippen LogP contribution in [0.1, 0.15) is 77.2 Å². The van der Waals surface area contributed by atoms with Crippen LogP contribution in [0.25, 0.3) is 0 Å². The first-order chi connectivity index (χ1) is 12.1. The van der Waals surface area contributed by atoms with Gasteiger partial charge in [0.15, 0.2) is 6.61 Å². The van der Waals surface area contributed by atoms with Crippen LogP contribution < -0.4 is 15.6 Å². The van der Waals surface area contributed by atoms with Crippen molar-refractivity contribution in [3.8, 4) is 5.75 Å². The largest absolute Gasteiger partial charge is 0.483 e. The third-order valence-electron chi connectivity index (χ3n) is 4.27. The van der Waals surface area contributed by atoms with Crippen LogP contribution in [-0.2, 0) is 9.59 Å². The normalized spacial score (nSPS) is 11.6. The van der Waals surface area contributed by atoms with Crippen molar-refractivity contribution in [2.45, 2.75) is 71.6 Å². The van der Waals surface area contributed by atoms with Gasteiger partial charge in [-0.05, 0) is 30.4 Å². The van der Waals surface area contributed by atoms with Crippen LogP contribution in [0, 0.1) is 0 Å². The number of hydrogen-bond acceptors (Lipinski definition) is 3. The zero-order valence-corrected chi connectivity index (χ0v) is 15.8. The van der Waals surface area contributed by atoms with Crippen molar-refractivity contribution in [2.75, 3.05) is 6.61 Å². The van der Waals surface area contributed by atoms with Gasteiger partial charge in [-0.25, -0.2) is 0 Å². The summed E-state index contributed by atoms with van der Waals surface area (Å²) in [6.07, 6.45) is 6.86. The molecule has 1 atom stereocenters. The van der Waals surface area contributed by atoms with Crippen molar-refractivity contribution in [3.05, 3.63) is 29.8 Å². The van der Waals surface area contributed by atoms with E-state index in [1.807, 2.05) is 24.3 Å². The molecule has 1 aromatic rings. The van der Waals surface area contributed by atoms with E-state index in [0.29, 0.717) is 18.1 Å². The number of hydrogen-bond donors (Lipinski definition) is 2. The van der Waals surface area contributed by atoms with Crippen molar-refractivity contribution >= 4 is 11.8 Å². The van der Waals surface area contributed by atoms with E-state index in [-0.39, 0.29) is 18.4 Å². The van der Waals surface area contributed by atoms with Crippen molar-refractivity contribution in [1.82, 2.24) is 10.9 Å². The molecule has 1 rings (SSSR count). The Bertz CT molecular complexity index is 531. The third kappa shape index (κ3) is 8.57. The van der Waals surface area contributed by atoms with E-state index in [0.717, 1.165) is 31.2 Å². The molecule has 0 aliphatic rings. The number of nitrogens with one attached hydrogen (secondary N) is 2. The number of para-hydroxylation sites is 1. The zero-order valence-electron chi connectivity index (χ0n) is 15.8. The highest BCUT2D eigenvalue weighted by molar-refractivity contribution is 5.82. The van der Waals surface area contributed by atoms with Gasteiger partial charge in [0.05, 0.1) is 0 Å². The SMILES string of the molecule is CCCCCCCC(=O)NNC(=O)COc1ccccc1C(C)CC. The Balaban J connectivity index is 2.28. The molecule has 2 N–H and O–H groups in total. The first kappa shape index (κ1) is 21.0. The minimum atomic E-state index is -0.363. The van der Waals surface area contributed by atoms with E-state index in [1.54, 1.807) is 0 Å². The van der Waals surface area contributed by atoms with Gasteiger partial charge in [-0.3, -0.25) is 20.4 Å². The Kier molecular flexibility index (Phi) is 10.4. The molecule has 0 radical (unpaired) electrons. The fourth-order valence-electron chi connectivity index (χ4n) is 2.51. The molecule has 5 heteroatoms. The number of benzene rings is 1. The average Bonchev–Trinajstić information content (AvgIpc) is 2.64. The number of carbonyl (C=O) groups excluding carboxylic acids is 2. The maximum absolute atomic E-state index is 11.8. The second-order valence-electron chi connectivity index (χ2n) is 6.40. The predicted octanol–water partition coefficient (Wildman–Crippen LogP) is 4.09. The number of rotatable bonds is 11. The smallest absolute Gasteiger partial charge is 0.276 e. The summed E-state index contributed by atoms with van der Waals surface area (Å²) in [6, 6.07) is 7.74. The van der Waals surface area contributed by atoms with Crippen LogP contribution in [0.5, 0.6) is 5.75 Å². The molecule has 0 aromatic heterocycles. The number of unbranched alkanes of at least 4 members (excludes halogenated alkanes) is 4.